The highest BCUT2D eigenvalue weighted by Crippen LogP contribution is 2.37. The molecule has 1 aromatic carbocycles. The Balaban J connectivity index is 1.75. The average molecular weight is 392 g/mol. The molecular weight excluding hydrogens is 375 g/mol. The number of ether oxygens (including phenoxy) is 1. The van der Waals surface area contributed by atoms with Crippen LogP contribution in [0.25, 0.3) is 0 Å². The van der Waals surface area contributed by atoms with Crippen LogP contribution in [-0.2, 0) is 11.3 Å². The summed E-state index contributed by atoms with van der Waals surface area (Å²) < 4.78 is 8.32. The van der Waals surface area contributed by atoms with Gasteiger partial charge in [-0.3, -0.25) is 0 Å². The summed E-state index contributed by atoms with van der Waals surface area (Å²) in [6.07, 6.45) is 6.36. The van der Waals surface area contributed by atoms with E-state index in [9.17, 15) is 0 Å². The lowest BCUT2D eigenvalue weighted by Crippen LogP contribution is -2.19. The minimum atomic E-state index is -0.163. The van der Waals surface area contributed by atoms with Gasteiger partial charge in [0.25, 0.3) is 0 Å². The first-order chi connectivity index (χ1) is 11.1. The van der Waals surface area contributed by atoms with Crippen LogP contribution in [0.15, 0.2) is 36.9 Å². The molecule has 2 aromatic rings. The molecule has 0 spiro atoms. The summed E-state index contributed by atoms with van der Waals surface area (Å²) in [4.78, 5) is 4.08. The Bertz CT molecular complexity index is 638. The van der Waals surface area contributed by atoms with E-state index in [2.05, 4.69) is 4.98 Å². The standard InChI is InChI=1S/C16H17Cl3N2OS/c17-12-1-2-13(14(18)7-12)15(8-21-5-4-20-10-21)22-9-11-3-6-23-16(11)19/h1-2,4-5,7,10-11,15-16H,3,6,8-9H2/t11?,15-,16?/m0/s1. The summed E-state index contributed by atoms with van der Waals surface area (Å²) in [6.45, 7) is 1.27. The Hall–Kier alpha value is -0.390. The first-order valence-corrected chi connectivity index (χ1v) is 9.65. The average Bonchev–Trinajstić information content (AvgIpc) is 3.16. The van der Waals surface area contributed by atoms with Crippen molar-refractivity contribution in [1.29, 1.82) is 0 Å². The van der Waals surface area contributed by atoms with Crippen LogP contribution in [-0.4, -0.2) is 26.6 Å². The number of imidazole rings is 1. The van der Waals surface area contributed by atoms with Gasteiger partial charge in [-0.25, -0.2) is 4.98 Å². The topological polar surface area (TPSA) is 27.1 Å². The number of hydrogen-bond donors (Lipinski definition) is 0. The summed E-state index contributed by atoms with van der Waals surface area (Å²) in [5, 5.41) is 1.24. The number of hydrogen-bond acceptors (Lipinski definition) is 3. The fraction of sp³-hybridized carbons (Fsp3) is 0.438. The molecule has 1 saturated heterocycles. The summed E-state index contributed by atoms with van der Waals surface area (Å²) in [7, 11) is 0. The van der Waals surface area contributed by atoms with Gasteiger partial charge >= 0.3 is 0 Å². The van der Waals surface area contributed by atoms with Crippen molar-refractivity contribution in [2.24, 2.45) is 5.92 Å². The molecule has 0 bridgehead atoms. The Morgan fingerprint density at radius 2 is 2.26 bits per heavy atom. The molecule has 1 fully saturated rings. The van der Waals surface area contributed by atoms with Crippen LogP contribution in [0.5, 0.6) is 0 Å². The molecule has 23 heavy (non-hydrogen) atoms. The van der Waals surface area contributed by atoms with E-state index in [1.807, 2.05) is 22.9 Å². The molecule has 2 unspecified atom stereocenters. The molecule has 3 nitrogen and oxygen atoms in total. The predicted octanol–water partition coefficient (Wildman–Crippen LogP) is 5.27. The van der Waals surface area contributed by atoms with Gasteiger partial charge in [-0.15, -0.1) is 23.4 Å². The van der Waals surface area contributed by atoms with Crippen LogP contribution < -0.4 is 0 Å². The SMILES string of the molecule is Clc1ccc([C@H](Cn2ccnc2)OCC2CCSC2Cl)c(Cl)c1. The first-order valence-electron chi connectivity index (χ1n) is 7.41. The van der Waals surface area contributed by atoms with Crippen molar-refractivity contribution in [3.05, 3.63) is 52.5 Å². The fourth-order valence-corrected chi connectivity index (χ4v) is 4.73. The number of nitrogens with zero attached hydrogens (tertiary/aromatic N) is 2. The summed E-state index contributed by atoms with van der Waals surface area (Å²) in [6, 6.07) is 5.51. The van der Waals surface area contributed by atoms with Crippen LogP contribution >= 0.6 is 46.6 Å². The lowest BCUT2D eigenvalue weighted by molar-refractivity contribution is 0.0208. The normalized spacial score (nSPS) is 22.4. The first kappa shape index (κ1) is 17.4. The molecule has 3 rings (SSSR count). The van der Waals surface area contributed by atoms with Crippen molar-refractivity contribution in [2.75, 3.05) is 12.4 Å². The molecule has 1 aliphatic rings. The van der Waals surface area contributed by atoms with Gasteiger partial charge in [-0.1, -0.05) is 29.3 Å². The van der Waals surface area contributed by atoms with Crippen LogP contribution in [0.4, 0.5) is 0 Å². The zero-order chi connectivity index (χ0) is 16.2. The highest BCUT2D eigenvalue weighted by atomic mass is 35.5. The summed E-state index contributed by atoms with van der Waals surface area (Å²) in [5.74, 6) is 1.47. The van der Waals surface area contributed by atoms with Gasteiger partial charge in [-0.2, -0.15) is 0 Å². The third kappa shape index (κ3) is 4.58. The Kier molecular flexibility index (Phi) is 6.16. The van der Waals surface area contributed by atoms with Gasteiger partial charge in [0.05, 0.1) is 24.2 Å². The Morgan fingerprint density at radius 3 is 2.91 bits per heavy atom. The number of alkyl halides is 1. The van der Waals surface area contributed by atoms with Gasteiger partial charge < -0.3 is 9.30 Å². The van der Waals surface area contributed by atoms with Crippen molar-refractivity contribution in [2.45, 2.75) is 23.8 Å². The molecule has 1 aromatic heterocycles. The quantitative estimate of drug-likeness (QED) is 0.628. The van der Waals surface area contributed by atoms with E-state index in [-0.39, 0.29) is 10.8 Å². The zero-order valence-electron chi connectivity index (χ0n) is 12.4. The molecule has 0 amide bonds. The smallest absolute Gasteiger partial charge is 0.102 e. The molecule has 0 aliphatic carbocycles. The maximum Gasteiger partial charge on any atom is 0.102 e. The van der Waals surface area contributed by atoms with E-state index < -0.39 is 0 Å². The number of thioether (sulfide) groups is 1. The molecule has 0 N–H and O–H groups in total. The van der Waals surface area contributed by atoms with E-state index in [0.717, 1.165) is 17.7 Å². The maximum absolute atomic E-state index is 6.37. The van der Waals surface area contributed by atoms with Crippen LogP contribution in [0.2, 0.25) is 10.0 Å². The molecule has 2 heterocycles. The van der Waals surface area contributed by atoms with Gasteiger partial charge in [0.2, 0.25) is 0 Å². The Labute approximate surface area is 155 Å². The molecule has 7 heteroatoms. The van der Waals surface area contributed by atoms with Crippen molar-refractivity contribution >= 4 is 46.6 Å². The van der Waals surface area contributed by atoms with Gasteiger partial charge in [0, 0.05) is 33.9 Å². The highest BCUT2D eigenvalue weighted by Gasteiger charge is 2.28. The molecule has 3 atom stereocenters. The zero-order valence-corrected chi connectivity index (χ0v) is 15.5. The van der Waals surface area contributed by atoms with Crippen molar-refractivity contribution in [1.82, 2.24) is 9.55 Å². The van der Waals surface area contributed by atoms with Gasteiger partial charge in [0.1, 0.15) is 6.10 Å². The van der Waals surface area contributed by atoms with E-state index in [1.165, 1.54) is 0 Å². The predicted molar refractivity (Wildman–Crippen MR) is 97.6 cm³/mol. The minimum Gasteiger partial charge on any atom is -0.371 e. The van der Waals surface area contributed by atoms with Crippen molar-refractivity contribution < 1.29 is 4.74 Å². The summed E-state index contributed by atoms with van der Waals surface area (Å²) in [5.41, 5.74) is 0.932. The number of aromatic nitrogens is 2. The van der Waals surface area contributed by atoms with Crippen LogP contribution in [0.1, 0.15) is 18.1 Å². The largest absolute Gasteiger partial charge is 0.371 e. The number of benzene rings is 1. The fourth-order valence-electron chi connectivity index (χ4n) is 2.59. The lowest BCUT2D eigenvalue weighted by atomic mass is 10.1. The van der Waals surface area contributed by atoms with E-state index in [4.69, 9.17) is 39.5 Å². The second-order valence-electron chi connectivity index (χ2n) is 5.52. The van der Waals surface area contributed by atoms with Crippen LogP contribution in [0.3, 0.4) is 0 Å². The van der Waals surface area contributed by atoms with Crippen LogP contribution in [0, 0.1) is 5.92 Å². The molecule has 124 valence electrons. The number of rotatable bonds is 6. The van der Waals surface area contributed by atoms with E-state index >= 15 is 0 Å². The molecular formula is C16H17Cl3N2OS. The second kappa shape index (κ2) is 8.13. The van der Waals surface area contributed by atoms with Gasteiger partial charge in [0.15, 0.2) is 0 Å². The molecule has 0 saturated carbocycles. The Morgan fingerprint density at radius 1 is 1.39 bits per heavy atom. The third-order valence-corrected chi connectivity index (χ3v) is 6.36. The van der Waals surface area contributed by atoms with E-state index in [0.29, 0.717) is 29.1 Å². The molecule has 0 radical (unpaired) electrons. The summed E-state index contributed by atoms with van der Waals surface area (Å²) >= 11 is 20.5. The number of halogens is 3. The van der Waals surface area contributed by atoms with E-state index in [1.54, 1.807) is 30.4 Å². The van der Waals surface area contributed by atoms with Crippen molar-refractivity contribution in [3.8, 4) is 0 Å². The van der Waals surface area contributed by atoms with Gasteiger partial charge in [-0.05, 0) is 24.3 Å². The molecule has 1 aliphatic heterocycles. The monoisotopic (exact) mass is 390 g/mol. The highest BCUT2D eigenvalue weighted by molar-refractivity contribution is 8.01. The second-order valence-corrected chi connectivity index (χ2v) is 8.34. The maximum atomic E-state index is 6.37. The third-order valence-electron chi connectivity index (χ3n) is 3.89. The lowest BCUT2D eigenvalue weighted by Gasteiger charge is -2.23. The minimum absolute atomic E-state index is 0.129. The van der Waals surface area contributed by atoms with Crippen molar-refractivity contribution in [3.63, 3.8) is 0 Å².